The topological polar surface area (TPSA) is 83.0 Å². The fourth-order valence-corrected chi connectivity index (χ4v) is 2.17. The first kappa shape index (κ1) is 15.0. The number of carbonyl (C=O) groups excluding carboxylic acids is 1. The van der Waals surface area contributed by atoms with Crippen LogP contribution in [0.4, 0.5) is 5.69 Å². The van der Waals surface area contributed by atoms with Crippen molar-refractivity contribution in [2.45, 2.75) is 33.7 Å². The predicted octanol–water partition coefficient (Wildman–Crippen LogP) is 2.46. The van der Waals surface area contributed by atoms with E-state index in [1.807, 2.05) is 6.08 Å². The minimum absolute atomic E-state index is 0.302. The summed E-state index contributed by atoms with van der Waals surface area (Å²) in [5.41, 5.74) is 8.05. The van der Waals surface area contributed by atoms with E-state index in [1.54, 1.807) is 24.7 Å². The first-order valence-electron chi connectivity index (χ1n) is 7.03. The van der Waals surface area contributed by atoms with Crippen LogP contribution in [0.1, 0.15) is 36.3 Å². The first-order chi connectivity index (χ1) is 10.1. The van der Waals surface area contributed by atoms with Crippen LogP contribution < -0.4 is 5.73 Å². The second kappa shape index (κ2) is 6.39. The summed E-state index contributed by atoms with van der Waals surface area (Å²) in [6, 6.07) is 0. The van der Waals surface area contributed by atoms with Crippen LogP contribution in [-0.2, 0) is 11.3 Å². The van der Waals surface area contributed by atoms with E-state index in [0.29, 0.717) is 41.1 Å². The Morgan fingerprint density at radius 1 is 1.43 bits per heavy atom. The highest BCUT2D eigenvalue weighted by Gasteiger charge is 2.20. The lowest BCUT2D eigenvalue weighted by Gasteiger charge is -2.09. The SMILES string of the molecule is CCC=CCn1ncc2c(N)c(C(=O)OCC)c(C)nc21. The highest BCUT2D eigenvalue weighted by molar-refractivity contribution is 6.04. The zero-order chi connectivity index (χ0) is 15.4. The van der Waals surface area contributed by atoms with E-state index in [4.69, 9.17) is 10.5 Å². The summed E-state index contributed by atoms with van der Waals surface area (Å²) in [6.45, 7) is 6.51. The molecule has 0 saturated heterocycles. The summed E-state index contributed by atoms with van der Waals surface area (Å²) in [4.78, 5) is 16.4. The molecule has 0 aliphatic rings. The molecule has 0 amide bonds. The third-order valence-corrected chi connectivity index (χ3v) is 3.17. The van der Waals surface area contributed by atoms with Crippen LogP contribution in [0.2, 0.25) is 0 Å². The van der Waals surface area contributed by atoms with Crippen LogP contribution in [0.5, 0.6) is 0 Å². The standard InChI is InChI=1S/C15H20N4O2/c1-4-6-7-8-19-14-11(9-17-19)13(16)12(10(3)18-14)15(20)21-5-2/h6-7,9H,4-5,8H2,1-3H3,(H2,16,18). The second-order valence-electron chi connectivity index (χ2n) is 4.65. The summed E-state index contributed by atoms with van der Waals surface area (Å²) >= 11 is 0. The van der Waals surface area contributed by atoms with Crippen LogP contribution in [0, 0.1) is 6.92 Å². The van der Waals surface area contributed by atoms with Crippen LogP contribution in [-0.4, -0.2) is 27.3 Å². The van der Waals surface area contributed by atoms with Gasteiger partial charge in [-0.15, -0.1) is 0 Å². The molecule has 6 nitrogen and oxygen atoms in total. The Hall–Kier alpha value is -2.37. The lowest BCUT2D eigenvalue weighted by atomic mass is 10.1. The third-order valence-electron chi connectivity index (χ3n) is 3.17. The molecular weight excluding hydrogens is 268 g/mol. The van der Waals surface area contributed by atoms with Crippen molar-refractivity contribution in [3.05, 3.63) is 29.6 Å². The number of aryl methyl sites for hydroxylation is 1. The fourth-order valence-electron chi connectivity index (χ4n) is 2.17. The smallest absolute Gasteiger partial charge is 0.342 e. The van der Waals surface area contributed by atoms with Gasteiger partial charge in [-0.1, -0.05) is 19.1 Å². The van der Waals surface area contributed by atoms with Gasteiger partial charge in [0.15, 0.2) is 5.65 Å². The molecule has 0 bridgehead atoms. The van der Waals surface area contributed by atoms with Gasteiger partial charge in [0, 0.05) is 0 Å². The largest absolute Gasteiger partial charge is 0.462 e. The molecule has 0 saturated carbocycles. The van der Waals surface area contributed by atoms with E-state index in [9.17, 15) is 4.79 Å². The third kappa shape index (κ3) is 2.89. The van der Waals surface area contributed by atoms with E-state index in [-0.39, 0.29) is 0 Å². The van der Waals surface area contributed by atoms with Gasteiger partial charge in [0.2, 0.25) is 0 Å². The molecule has 2 heterocycles. The van der Waals surface area contributed by atoms with Gasteiger partial charge < -0.3 is 10.5 Å². The average molecular weight is 288 g/mol. The number of hydrogen-bond donors (Lipinski definition) is 1. The number of hydrogen-bond acceptors (Lipinski definition) is 5. The molecule has 0 spiro atoms. The quantitative estimate of drug-likeness (QED) is 0.675. The zero-order valence-electron chi connectivity index (χ0n) is 12.6. The molecule has 0 aliphatic heterocycles. The summed E-state index contributed by atoms with van der Waals surface area (Å²) < 4.78 is 6.79. The molecule has 2 rings (SSSR count). The number of esters is 1. The molecule has 112 valence electrons. The Balaban J connectivity index is 2.49. The molecular formula is C15H20N4O2. The highest BCUT2D eigenvalue weighted by Crippen LogP contribution is 2.26. The number of rotatable bonds is 5. The van der Waals surface area contributed by atoms with Crippen molar-refractivity contribution in [2.24, 2.45) is 0 Å². The van der Waals surface area contributed by atoms with Crippen molar-refractivity contribution < 1.29 is 9.53 Å². The van der Waals surface area contributed by atoms with Crippen molar-refractivity contribution in [2.75, 3.05) is 12.3 Å². The number of nitrogens with two attached hydrogens (primary N) is 1. The highest BCUT2D eigenvalue weighted by atomic mass is 16.5. The van der Waals surface area contributed by atoms with Gasteiger partial charge in [-0.2, -0.15) is 5.10 Å². The van der Waals surface area contributed by atoms with E-state index in [2.05, 4.69) is 23.1 Å². The summed E-state index contributed by atoms with van der Waals surface area (Å²) in [7, 11) is 0. The first-order valence-corrected chi connectivity index (χ1v) is 7.03. The Kier molecular flexibility index (Phi) is 4.57. The van der Waals surface area contributed by atoms with Crippen molar-refractivity contribution in [3.8, 4) is 0 Å². The van der Waals surface area contributed by atoms with Crippen LogP contribution in [0.15, 0.2) is 18.3 Å². The lowest BCUT2D eigenvalue weighted by molar-refractivity contribution is 0.0526. The normalized spacial score (nSPS) is 11.4. The Bertz CT molecular complexity index is 689. The van der Waals surface area contributed by atoms with Gasteiger partial charge in [-0.25, -0.2) is 14.5 Å². The molecule has 0 aliphatic carbocycles. The Morgan fingerprint density at radius 2 is 2.19 bits per heavy atom. The van der Waals surface area contributed by atoms with Gasteiger partial charge in [-0.3, -0.25) is 0 Å². The van der Waals surface area contributed by atoms with Gasteiger partial charge in [0.25, 0.3) is 0 Å². The number of allylic oxidation sites excluding steroid dienone is 2. The molecule has 2 N–H and O–H groups in total. The maximum Gasteiger partial charge on any atom is 0.342 e. The number of nitrogens with zero attached hydrogens (tertiary/aromatic N) is 3. The number of carbonyl (C=O) groups is 1. The van der Waals surface area contributed by atoms with Crippen LogP contribution in [0.25, 0.3) is 11.0 Å². The molecule has 0 radical (unpaired) electrons. The van der Waals surface area contributed by atoms with Crippen molar-refractivity contribution in [1.82, 2.24) is 14.8 Å². The Labute approximate surface area is 123 Å². The van der Waals surface area contributed by atoms with Gasteiger partial charge in [-0.05, 0) is 20.3 Å². The molecule has 0 aromatic carbocycles. The monoisotopic (exact) mass is 288 g/mol. The van der Waals surface area contributed by atoms with Crippen LogP contribution >= 0.6 is 0 Å². The van der Waals surface area contributed by atoms with E-state index in [0.717, 1.165) is 6.42 Å². The maximum atomic E-state index is 12.0. The van der Waals surface area contributed by atoms with E-state index >= 15 is 0 Å². The van der Waals surface area contributed by atoms with Gasteiger partial charge in [0.1, 0.15) is 5.56 Å². The fraction of sp³-hybridized carbons (Fsp3) is 0.400. The minimum atomic E-state index is -0.444. The number of ether oxygens (including phenoxy) is 1. The molecule has 21 heavy (non-hydrogen) atoms. The van der Waals surface area contributed by atoms with Crippen LogP contribution in [0.3, 0.4) is 0 Å². The second-order valence-corrected chi connectivity index (χ2v) is 4.65. The molecule has 0 unspecified atom stereocenters. The van der Waals surface area contributed by atoms with E-state index < -0.39 is 5.97 Å². The number of fused-ring (bicyclic) bond motifs is 1. The number of nitrogen functional groups attached to an aromatic ring is 1. The van der Waals surface area contributed by atoms with Crippen molar-refractivity contribution in [1.29, 1.82) is 0 Å². The number of anilines is 1. The van der Waals surface area contributed by atoms with Crippen molar-refractivity contribution >= 4 is 22.7 Å². The predicted molar refractivity (Wildman–Crippen MR) is 82.1 cm³/mol. The maximum absolute atomic E-state index is 12.0. The van der Waals surface area contributed by atoms with Gasteiger partial charge in [0.05, 0.1) is 36.1 Å². The minimum Gasteiger partial charge on any atom is -0.462 e. The molecule has 0 fully saturated rings. The summed E-state index contributed by atoms with van der Waals surface area (Å²) in [5.74, 6) is -0.444. The molecule has 0 atom stereocenters. The number of pyridine rings is 1. The lowest BCUT2D eigenvalue weighted by Crippen LogP contribution is -2.12. The molecule has 6 heteroatoms. The van der Waals surface area contributed by atoms with E-state index in [1.165, 1.54) is 0 Å². The number of aromatic nitrogens is 3. The summed E-state index contributed by atoms with van der Waals surface area (Å²) in [5, 5.41) is 4.96. The zero-order valence-corrected chi connectivity index (χ0v) is 12.6. The molecule has 2 aromatic heterocycles. The van der Waals surface area contributed by atoms with Crippen molar-refractivity contribution in [3.63, 3.8) is 0 Å². The summed E-state index contributed by atoms with van der Waals surface area (Å²) in [6.07, 6.45) is 6.70. The molecule has 2 aromatic rings. The average Bonchev–Trinajstić information content (AvgIpc) is 2.83. The Morgan fingerprint density at radius 3 is 2.86 bits per heavy atom. The van der Waals surface area contributed by atoms with Gasteiger partial charge >= 0.3 is 5.97 Å².